The van der Waals surface area contributed by atoms with Gasteiger partial charge in [0, 0.05) is 0 Å². The summed E-state index contributed by atoms with van der Waals surface area (Å²) >= 11 is 0. The Labute approximate surface area is 127 Å². The van der Waals surface area contributed by atoms with Crippen molar-refractivity contribution in [1.82, 2.24) is 0 Å². The van der Waals surface area contributed by atoms with Gasteiger partial charge in [-0.1, -0.05) is 78.1 Å². The number of rotatable bonds is 15. The summed E-state index contributed by atoms with van der Waals surface area (Å²) in [5, 5.41) is 18.9. The fourth-order valence-corrected chi connectivity index (χ4v) is 2.58. The fourth-order valence-electron chi connectivity index (χ4n) is 2.58. The number of unbranched alkanes of at least 4 members (excludes halogenated alkanes) is 9. The van der Waals surface area contributed by atoms with Crippen molar-refractivity contribution in [3.63, 3.8) is 0 Å². The number of hydrogen-bond acceptors (Lipinski definition) is 2. The van der Waals surface area contributed by atoms with Gasteiger partial charge in [-0.3, -0.25) is 0 Å². The Morgan fingerprint density at radius 1 is 0.500 bits per heavy atom. The highest BCUT2D eigenvalue weighted by Crippen LogP contribution is 2.13. The van der Waals surface area contributed by atoms with E-state index in [2.05, 4.69) is 0 Å². The van der Waals surface area contributed by atoms with E-state index in [9.17, 15) is 10.2 Å². The van der Waals surface area contributed by atoms with Crippen LogP contribution in [0.15, 0.2) is 0 Å². The molecule has 0 rings (SSSR count). The van der Waals surface area contributed by atoms with Crippen molar-refractivity contribution in [3.05, 3.63) is 0 Å². The maximum absolute atomic E-state index is 9.44. The van der Waals surface area contributed by atoms with Crippen LogP contribution in [0.4, 0.5) is 0 Å². The summed E-state index contributed by atoms with van der Waals surface area (Å²) in [6, 6.07) is 0. The number of aliphatic hydroxyl groups excluding tert-OH is 2. The molecule has 2 N–H and O–H groups in total. The monoisotopic (exact) mass is 286 g/mol. The number of aliphatic hydroxyl groups is 2. The van der Waals surface area contributed by atoms with Crippen molar-refractivity contribution >= 4 is 0 Å². The Hall–Kier alpha value is -0.0800. The molecule has 2 nitrogen and oxygen atoms in total. The van der Waals surface area contributed by atoms with Gasteiger partial charge in [-0.25, -0.2) is 0 Å². The Morgan fingerprint density at radius 3 is 1.00 bits per heavy atom. The SMILES string of the molecule is CCC(O)CCCCCCCCCCCCC(O)CC. The molecule has 122 valence electrons. The molecular weight excluding hydrogens is 248 g/mol. The summed E-state index contributed by atoms with van der Waals surface area (Å²) in [6.45, 7) is 4.10. The van der Waals surface area contributed by atoms with Crippen LogP contribution in [0.2, 0.25) is 0 Å². The lowest BCUT2D eigenvalue weighted by Gasteiger charge is -2.07. The molecule has 0 spiro atoms. The minimum absolute atomic E-state index is 0.0683. The maximum Gasteiger partial charge on any atom is 0.0537 e. The van der Waals surface area contributed by atoms with Gasteiger partial charge < -0.3 is 10.2 Å². The lowest BCUT2D eigenvalue weighted by atomic mass is 10.0. The molecule has 0 heterocycles. The molecule has 0 aliphatic carbocycles. The predicted molar refractivity (Wildman–Crippen MR) is 88.0 cm³/mol. The lowest BCUT2D eigenvalue weighted by molar-refractivity contribution is 0.156. The maximum atomic E-state index is 9.44. The van der Waals surface area contributed by atoms with Crippen molar-refractivity contribution in [2.45, 2.75) is 116 Å². The van der Waals surface area contributed by atoms with E-state index in [0.29, 0.717) is 0 Å². The normalized spacial score (nSPS) is 14.4. The van der Waals surface area contributed by atoms with Gasteiger partial charge in [0.1, 0.15) is 0 Å². The minimum Gasteiger partial charge on any atom is -0.393 e. The standard InChI is InChI=1S/C18H38O2/c1-3-17(19)15-13-11-9-7-5-6-8-10-12-14-16-18(20)4-2/h17-20H,3-16H2,1-2H3. The average Bonchev–Trinajstić information content (AvgIpc) is 2.47. The molecule has 20 heavy (non-hydrogen) atoms. The highest BCUT2D eigenvalue weighted by Gasteiger charge is 2.00. The predicted octanol–water partition coefficient (Wildman–Crippen LogP) is 5.21. The van der Waals surface area contributed by atoms with Crippen LogP contribution in [-0.4, -0.2) is 22.4 Å². The van der Waals surface area contributed by atoms with Gasteiger partial charge in [0.2, 0.25) is 0 Å². The molecule has 0 radical (unpaired) electrons. The van der Waals surface area contributed by atoms with Gasteiger partial charge in [0.05, 0.1) is 12.2 Å². The van der Waals surface area contributed by atoms with E-state index in [1.165, 1.54) is 64.2 Å². The molecule has 0 aromatic heterocycles. The van der Waals surface area contributed by atoms with Crippen LogP contribution in [-0.2, 0) is 0 Å². The topological polar surface area (TPSA) is 40.5 Å². The zero-order valence-electron chi connectivity index (χ0n) is 13.9. The molecule has 0 aliphatic rings. The van der Waals surface area contributed by atoms with Gasteiger partial charge in [-0.05, 0) is 25.7 Å². The van der Waals surface area contributed by atoms with E-state index in [4.69, 9.17) is 0 Å². The minimum atomic E-state index is -0.0683. The quantitative estimate of drug-likeness (QED) is 0.406. The molecule has 0 saturated heterocycles. The molecule has 0 aromatic carbocycles. The Balaban J connectivity index is 3.03. The fraction of sp³-hybridized carbons (Fsp3) is 1.00. The zero-order chi connectivity index (χ0) is 15.1. The van der Waals surface area contributed by atoms with E-state index < -0.39 is 0 Å². The van der Waals surface area contributed by atoms with Crippen LogP contribution in [0.25, 0.3) is 0 Å². The van der Waals surface area contributed by atoms with Crippen molar-refractivity contribution < 1.29 is 10.2 Å². The molecule has 0 fully saturated rings. The molecule has 0 bridgehead atoms. The van der Waals surface area contributed by atoms with Crippen LogP contribution >= 0.6 is 0 Å². The molecule has 2 unspecified atom stereocenters. The van der Waals surface area contributed by atoms with Crippen LogP contribution in [0, 0.1) is 0 Å². The van der Waals surface area contributed by atoms with Gasteiger partial charge in [-0.2, -0.15) is 0 Å². The zero-order valence-corrected chi connectivity index (χ0v) is 13.9. The highest BCUT2D eigenvalue weighted by atomic mass is 16.3. The van der Waals surface area contributed by atoms with E-state index in [1.54, 1.807) is 0 Å². The number of hydrogen-bond donors (Lipinski definition) is 2. The van der Waals surface area contributed by atoms with Crippen molar-refractivity contribution in [2.24, 2.45) is 0 Å². The third kappa shape index (κ3) is 14.3. The first-order chi connectivity index (χ1) is 9.70. The van der Waals surface area contributed by atoms with Gasteiger partial charge >= 0.3 is 0 Å². The Kier molecular flexibility index (Phi) is 15.3. The van der Waals surface area contributed by atoms with E-state index in [0.717, 1.165) is 25.7 Å². The van der Waals surface area contributed by atoms with E-state index in [-0.39, 0.29) is 12.2 Å². The van der Waals surface area contributed by atoms with Crippen LogP contribution in [0.3, 0.4) is 0 Å². The van der Waals surface area contributed by atoms with Crippen LogP contribution in [0.5, 0.6) is 0 Å². The summed E-state index contributed by atoms with van der Waals surface area (Å²) in [7, 11) is 0. The smallest absolute Gasteiger partial charge is 0.0537 e. The van der Waals surface area contributed by atoms with Gasteiger partial charge in [0.15, 0.2) is 0 Å². The van der Waals surface area contributed by atoms with Crippen molar-refractivity contribution in [3.8, 4) is 0 Å². The first kappa shape index (κ1) is 19.9. The van der Waals surface area contributed by atoms with E-state index in [1.807, 2.05) is 13.8 Å². The summed E-state index contributed by atoms with van der Waals surface area (Å²) < 4.78 is 0. The average molecular weight is 286 g/mol. The van der Waals surface area contributed by atoms with E-state index >= 15 is 0 Å². The second-order valence-corrected chi connectivity index (χ2v) is 6.24. The third-order valence-corrected chi connectivity index (χ3v) is 4.27. The molecule has 2 atom stereocenters. The summed E-state index contributed by atoms with van der Waals surface area (Å²) in [6.07, 6.45) is 16.7. The van der Waals surface area contributed by atoms with Crippen molar-refractivity contribution in [2.75, 3.05) is 0 Å². The lowest BCUT2D eigenvalue weighted by Crippen LogP contribution is -2.03. The molecular formula is C18H38O2. The van der Waals surface area contributed by atoms with Crippen LogP contribution < -0.4 is 0 Å². The van der Waals surface area contributed by atoms with Crippen molar-refractivity contribution in [1.29, 1.82) is 0 Å². The summed E-state index contributed by atoms with van der Waals surface area (Å²) in [4.78, 5) is 0. The molecule has 0 saturated carbocycles. The van der Waals surface area contributed by atoms with Gasteiger partial charge in [-0.15, -0.1) is 0 Å². The largest absolute Gasteiger partial charge is 0.393 e. The van der Waals surface area contributed by atoms with Gasteiger partial charge in [0.25, 0.3) is 0 Å². The third-order valence-electron chi connectivity index (χ3n) is 4.27. The van der Waals surface area contributed by atoms with Crippen LogP contribution in [0.1, 0.15) is 104 Å². The first-order valence-electron chi connectivity index (χ1n) is 9.06. The highest BCUT2D eigenvalue weighted by molar-refractivity contribution is 4.55. The Bertz CT molecular complexity index is 162. The molecule has 2 heteroatoms. The molecule has 0 amide bonds. The molecule has 0 aromatic rings. The second kappa shape index (κ2) is 15.3. The summed E-state index contributed by atoms with van der Waals surface area (Å²) in [5.74, 6) is 0. The summed E-state index contributed by atoms with van der Waals surface area (Å²) in [5.41, 5.74) is 0. The second-order valence-electron chi connectivity index (χ2n) is 6.24. The Morgan fingerprint density at radius 2 is 0.750 bits per heavy atom. The molecule has 0 aliphatic heterocycles. The first-order valence-corrected chi connectivity index (χ1v) is 9.06.